The van der Waals surface area contributed by atoms with Crippen molar-refractivity contribution in [1.29, 1.82) is 5.26 Å². The van der Waals surface area contributed by atoms with Crippen LogP contribution in [-0.2, 0) is 6.54 Å². The summed E-state index contributed by atoms with van der Waals surface area (Å²) in [5.41, 5.74) is 0.932. The Balaban J connectivity index is 2.39. The number of hydrogen-bond donors (Lipinski definition) is 1. The fourth-order valence-corrected chi connectivity index (χ4v) is 1.43. The molecule has 0 aliphatic carbocycles. The monoisotopic (exact) mass is 266 g/mol. The second-order valence-corrected chi connectivity index (χ2v) is 5.14. The first kappa shape index (κ1) is 12.2. The number of nitrogens with zero attached hydrogens (tertiary/aromatic N) is 1. The van der Waals surface area contributed by atoms with Gasteiger partial charge in [-0.1, -0.05) is 28.1 Å². The van der Waals surface area contributed by atoms with E-state index >= 15 is 0 Å². The molecule has 0 spiro atoms. The van der Waals surface area contributed by atoms with Gasteiger partial charge < -0.3 is 5.32 Å². The Morgan fingerprint density at radius 1 is 1.33 bits per heavy atom. The summed E-state index contributed by atoms with van der Waals surface area (Å²) in [4.78, 5) is 0. The van der Waals surface area contributed by atoms with Crippen LogP contribution in [0.15, 0.2) is 28.7 Å². The molecule has 0 aliphatic heterocycles. The van der Waals surface area contributed by atoms with Gasteiger partial charge in [-0.2, -0.15) is 5.26 Å². The molecule has 0 amide bonds. The highest BCUT2D eigenvalue weighted by Gasteiger charge is 2.15. The van der Waals surface area contributed by atoms with Crippen molar-refractivity contribution in [3.63, 3.8) is 0 Å². The van der Waals surface area contributed by atoms with E-state index in [-0.39, 0.29) is 5.41 Å². The Kier molecular flexibility index (Phi) is 4.31. The van der Waals surface area contributed by atoms with E-state index in [1.54, 1.807) is 0 Å². The summed E-state index contributed by atoms with van der Waals surface area (Å²) in [6.07, 6.45) is 0. The van der Waals surface area contributed by atoms with Crippen LogP contribution in [0.25, 0.3) is 0 Å². The predicted octanol–water partition coefficient (Wildman–Crippen LogP) is 3.09. The molecule has 1 aromatic carbocycles. The lowest BCUT2D eigenvalue weighted by Crippen LogP contribution is -2.27. The number of hydrogen-bond acceptors (Lipinski definition) is 2. The zero-order chi connectivity index (χ0) is 11.3. The maximum absolute atomic E-state index is 8.83. The normalized spacial score (nSPS) is 11.1. The van der Waals surface area contributed by atoms with Crippen molar-refractivity contribution in [2.45, 2.75) is 20.4 Å². The minimum absolute atomic E-state index is 0.296. The van der Waals surface area contributed by atoms with Gasteiger partial charge in [-0.15, -0.1) is 0 Å². The summed E-state index contributed by atoms with van der Waals surface area (Å²) >= 11 is 3.39. The van der Waals surface area contributed by atoms with Crippen molar-refractivity contribution >= 4 is 15.9 Å². The van der Waals surface area contributed by atoms with Crippen molar-refractivity contribution in [3.05, 3.63) is 34.3 Å². The topological polar surface area (TPSA) is 35.8 Å². The lowest BCUT2D eigenvalue weighted by molar-refractivity contribution is 0.445. The number of halogens is 1. The quantitative estimate of drug-likeness (QED) is 0.909. The first-order valence-electron chi connectivity index (χ1n) is 4.90. The van der Waals surface area contributed by atoms with Gasteiger partial charge in [0.15, 0.2) is 0 Å². The zero-order valence-electron chi connectivity index (χ0n) is 9.05. The Bertz CT molecular complexity index is 349. The highest BCUT2D eigenvalue weighted by Crippen LogP contribution is 2.12. The maximum Gasteiger partial charge on any atom is 0.0697 e. The van der Waals surface area contributed by atoms with E-state index in [0.717, 1.165) is 11.0 Å². The number of nitriles is 1. The van der Waals surface area contributed by atoms with Crippen LogP contribution in [0.1, 0.15) is 19.4 Å². The van der Waals surface area contributed by atoms with Crippen molar-refractivity contribution in [2.24, 2.45) is 5.41 Å². The fourth-order valence-electron chi connectivity index (χ4n) is 1.16. The Morgan fingerprint density at radius 3 is 2.47 bits per heavy atom. The highest BCUT2D eigenvalue weighted by molar-refractivity contribution is 9.10. The third-order valence-corrected chi connectivity index (χ3v) is 2.64. The SMILES string of the molecule is CC(C)(C#N)CNCc1ccc(Br)cc1. The van der Waals surface area contributed by atoms with Gasteiger partial charge in [0.2, 0.25) is 0 Å². The average Bonchev–Trinajstić information content (AvgIpc) is 2.21. The van der Waals surface area contributed by atoms with Crippen molar-refractivity contribution < 1.29 is 0 Å². The van der Waals surface area contributed by atoms with Crippen LogP contribution in [0, 0.1) is 16.7 Å². The molecule has 80 valence electrons. The summed E-state index contributed by atoms with van der Waals surface area (Å²) in [7, 11) is 0. The lowest BCUT2D eigenvalue weighted by atomic mass is 9.96. The first-order chi connectivity index (χ1) is 7.03. The summed E-state index contributed by atoms with van der Waals surface area (Å²) in [5, 5.41) is 12.1. The molecule has 0 fully saturated rings. The minimum Gasteiger partial charge on any atom is -0.311 e. The van der Waals surface area contributed by atoms with E-state index in [1.165, 1.54) is 5.56 Å². The van der Waals surface area contributed by atoms with Crippen LogP contribution in [0.4, 0.5) is 0 Å². The Hall–Kier alpha value is -0.850. The molecule has 2 nitrogen and oxygen atoms in total. The van der Waals surface area contributed by atoms with E-state index < -0.39 is 0 Å². The highest BCUT2D eigenvalue weighted by atomic mass is 79.9. The smallest absolute Gasteiger partial charge is 0.0697 e. The number of nitrogens with one attached hydrogen (secondary N) is 1. The molecular weight excluding hydrogens is 252 g/mol. The molecule has 15 heavy (non-hydrogen) atoms. The van der Waals surface area contributed by atoms with Gasteiger partial charge in [-0.05, 0) is 31.5 Å². The van der Waals surface area contributed by atoms with Gasteiger partial charge in [0.1, 0.15) is 0 Å². The summed E-state index contributed by atoms with van der Waals surface area (Å²) in [6, 6.07) is 10.4. The molecule has 0 aromatic heterocycles. The average molecular weight is 267 g/mol. The van der Waals surface area contributed by atoms with Gasteiger partial charge in [0, 0.05) is 17.6 Å². The first-order valence-corrected chi connectivity index (χ1v) is 5.69. The van der Waals surface area contributed by atoms with Gasteiger partial charge in [0.25, 0.3) is 0 Å². The van der Waals surface area contributed by atoms with Gasteiger partial charge in [-0.3, -0.25) is 0 Å². The van der Waals surface area contributed by atoms with E-state index in [4.69, 9.17) is 5.26 Å². The van der Waals surface area contributed by atoms with Crippen LogP contribution in [-0.4, -0.2) is 6.54 Å². The summed E-state index contributed by atoms with van der Waals surface area (Å²) < 4.78 is 1.09. The van der Waals surface area contributed by atoms with Crippen molar-refractivity contribution in [3.8, 4) is 6.07 Å². The molecular formula is C12H15BrN2. The molecule has 0 radical (unpaired) electrons. The molecule has 0 aliphatic rings. The Morgan fingerprint density at radius 2 is 1.93 bits per heavy atom. The lowest BCUT2D eigenvalue weighted by Gasteiger charge is -2.15. The molecule has 1 rings (SSSR count). The fraction of sp³-hybridized carbons (Fsp3) is 0.417. The van der Waals surface area contributed by atoms with Crippen LogP contribution < -0.4 is 5.32 Å². The van der Waals surface area contributed by atoms with Crippen LogP contribution in [0.5, 0.6) is 0 Å². The van der Waals surface area contributed by atoms with Crippen molar-refractivity contribution in [2.75, 3.05) is 6.54 Å². The molecule has 0 atom stereocenters. The second-order valence-electron chi connectivity index (χ2n) is 4.23. The molecule has 0 saturated carbocycles. The largest absolute Gasteiger partial charge is 0.311 e. The number of rotatable bonds is 4. The summed E-state index contributed by atoms with van der Waals surface area (Å²) in [6.45, 7) is 5.38. The minimum atomic E-state index is -0.296. The van der Waals surface area contributed by atoms with E-state index in [0.29, 0.717) is 6.54 Å². The molecule has 1 aromatic rings. The van der Waals surface area contributed by atoms with Crippen LogP contribution >= 0.6 is 15.9 Å². The molecule has 1 N–H and O–H groups in total. The van der Waals surface area contributed by atoms with E-state index in [9.17, 15) is 0 Å². The molecule has 0 unspecified atom stereocenters. The third kappa shape index (κ3) is 4.46. The van der Waals surface area contributed by atoms with Gasteiger partial charge in [-0.25, -0.2) is 0 Å². The van der Waals surface area contributed by atoms with Crippen LogP contribution in [0.3, 0.4) is 0 Å². The Labute approximate surface area is 99.4 Å². The van der Waals surface area contributed by atoms with Gasteiger partial charge >= 0.3 is 0 Å². The summed E-state index contributed by atoms with van der Waals surface area (Å²) in [5.74, 6) is 0. The van der Waals surface area contributed by atoms with Crippen molar-refractivity contribution in [1.82, 2.24) is 5.32 Å². The molecule has 3 heteroatoms. The molecule has 0 bridgehead atoms. The van der Waals surface area contributed by atoms with E-state index in [2.05, 4.69) is 39.4 Å². The standard InChI is InChI=1S/C12H15BrN2/c1-12(2,8-14)9-15-7-10-3-5-11(13)6-4-10/h3-6,15H,7,9H2,1-2H3. The molecule has 0 saturated heterocycles. The zero-order valence-corrected chi connectivity index (χ0v) is 10.6. The van der Waals surface area contributed by atoms with Crippen LogP contribution in [0.2, 0.25) is 0 Å². The maximum atomic E-state index is 8.83. The van der Waals surface area contributed by atoms with E-state index in [1.807, 2.05) is 26.0 Å². The predicted molar refractivity (Wildman–Crippen MR) is 65.2 cm³/mol. The second kappa shape index (κ2) is 5.29. The third-order valence-electron chi connectivity index (χ3n) is 2.11. The molecule has 0 heterocycles. The number of benzene rings is 1. The van der Waals surface area contributed by atoms with Gasteiger partial charge in [0.05, 0.1) is 11.5 Å².